The summed E-state index contributed by atoms with van der Waals surface area (Å²) in [5, 5.41) is 17.1. The molecule has 2 aromatic heterocycles. The zero-order chi connectivity index (χ0) is 24.3. The highest BCUT2D eigenvalue weighted by Crippen LogP contribution is 2.40. The summed E-state index contributed by atoms with van der Waals surface area (Å²) in [5.74, 6) is -1.14. The van der Waals surface area contributed by atoms with Crippen LogP contribution in [0, 0.1) is 0 Å². The van der Waals surface area contributed by atoms with Gasteiger partial charge in [-0.3, -0.25) is 4.79 Å². The number of hydrogen-bond donors (Lipinski definition) is 2. The Hall–Kier alpha value is -3.99. The van der Waals surface area contributed by atoms with Gasteiger partial charge in [0.15, 0.2) is 5.82 Å². The molecule has 0 aliphatic carbocycles. The van der Waals surface area contributed by atoms with E-state index in [2.05, 4.69) is 20.4 Å². The predicted molar refractivity (Wildman–Crippen MR) is 117 cm³/mol. The van der Waals surface area contributed by atoms with Crippen LogP contribution in [-0.2, 0) is 12.6 Å². The molecule has 0 aliphatic heterocycles. The van der Waals surface area contributed by atoms with Crippen molar-refractivity contribution in [3.8, 4) is 17.1 Å². The first-order chi connectivity index (χ1) is 16.2. The number of hydrogen-bond acceptors (Lipinski definition) is 5. The van der Waals surface area contributed by atoms with Crippen molar-refractivity contribution in [2.24, 2.45) is 7.05 Å². The molecule has 1 amide bonds. The molecule has 2 aromatic carbocycles. The largest absolute Gasteiger partial charge is 0.424 e. The topological polar surface area (TPSA) is 97.9 Å². The van der Waals surface area contributed by atoms with Gasteiger partial charge in [-0.05, 0) is 12.1 Å². The van der Waals surface area contributed by atoms with Crippen LogP contribution in [0.2, 0.25) is 0 Å². The minimum atomic E-state index is -5.00. The summed E-state index contributed by atoms with van der Waals surface area (Å²) in [4.78, 5) is 20.7. The zero-order valence-electron chi connectivity index (χ0n) is 18.1. The number of nitrogens with zero attached hydrogens (tertiary/aromatic N) is 5. The first-order valence-corrected chi connectivity index (χ1v) is 10.3. The second kappa shape index (κ2) is 9.10. The standard InChI is InChI=1S/C23H21F3N6O2/c1-31-15-14-28-21(31)22(34,23(24,25)26)12-13-27-20(33)18-29-19(16-8-4-2-5-9-16)32(30-18)17-10-6-3-7-11-17/h2-11,14-15,34H,12-13H2,1H3,(H,27,33)/t22-/m0/s1. The molecule has 1 atom stereocenters. The molecule has 8 nitrogen and oxygen atoms in total. The number of alkyl halides is 3. The maximum absolute atomic E-state index is 13.7. The molecule has 0 aliphatic rings. The number of para-hydroxylation sites is 1. The van der Waals surface area contributed by atoms with Crippen LogP contribution in [0.5, 0.6) is 0 Å². The monoisotopic (exact) mass is 470 g/mol. The number of aromatic nitrogens is 5. The highest BCUT2D eigenvalue weighted by atomic mass is 19.4. The maximum atomic E-state index is 13.7. The molecule has 2 heterocycles. The average molecular weight is 470 g/mol. The molecule has 0 saturated carbocycles. The zero-order valence-corrected chi connectivity index (χ0v) is 18.1. The Balaban J connectivity index is 1.57. The molecule has 0 radical (unpaired) electrons. The molecule has 4 rings (SSSR count). The van der Waals surface area contributed by atoms with Crippen LogP contribution in [-0.4, -0.2) is 48.1 Å². The lowest BCUT2D eigenvalue weighted by molar-refractivity contribution is -0.272. The molecule has 0 bridgehead atoms. The third-order valence-electron chi connectivity index (χ3n) is 5.28. The molecule has 0 saturated heterocycles. The highest BCUT2D eigenvalue weighted by molar-refractivity contribution is 5.91. The van der Waals surface area contributed by atoms with Crippen molar-refractivity contribution in [2.45, 2.75) is 18.2 Å². The summed E-state index contributed by atoms with van der Waals surface area (Å²) in [6.07, 6.45) is -3.37. The number of carbonyl (C=O) groups is 1. The number of aliphatic hydroxyl groups is 1. The van der Waals surface area contributed by atoms with Crippen LogP contribution in [0.4, 0.5) is 13.2 Å². The van der Waals surface area contributed by atoms with E-state index in [4.69, 9.17) is 0 Å². The maximum Gasteiger partial charge on any atom is 0.424 e. The number of nitrogens with one attached hydrogen (secondary N) is 1. The van der Waals surface area contributed by atoms with Gasteiger partial charge in [-0.1, -0.05) is 48.5 Å². The number of rotatable bonds is 7. The van der Waals surface area contributed by atoms with Crippen molar-refractivity contribution >= 4 is 5.91 Å². The second-order valence-corrected chi connectivity index (χ2v) is 7.60. The molecule has 0 fully saturated rings. The molecule has 34 heavy (non-hydrogen) atoms. The highest BCUT2D eigenvalue weighted by Gasteiger charge is 2.57. The van der Waals surface area contributed by atoms with Crippen LogP contribution in [0.1, 0.15) is 22.9 Å². The fourth-order valence-corrected chi connectivity index (χ4v) is 3.51. The first-order valence-electron chi connectivity index (χ1n) is 10.3. The van der Waals surface area contributed by atoms with Gasteiger partial charge in [-0.2, -0.15) is 13.2 Å². The summed E-state index contributed by atoms with van der Waals surface area (Å²) in [5.41, 5.74) is -1.86. The quantitative estimate of drug-likeness (QED) is 0.432. The van der Waals surface area contributed by atoms with Crippen molar-refractivity contribution < 1.29 is 23.1 Å². The van der Waals surface area contributed by atoms with Crippen LogP contribution < -0.4 is 5.32 Å². The Morgan fingerprint density at radius 1 is 1.06 bits per heavy atom. The van der Waals surface area contributed by atoms with Gasteiger partial charge in [0.1, 0.15) is 5.82 Å². The van der Waals surface area contributed by atoms with E-state index in [1.165, 1.54) is 17.9 Å². The number of carbonyl (C=O) groups excluding carboxylic acids is 1. The number of amides is 1. The number of halogens is 3. The number of imidazole rings is 1. The molecule has 4 aromatic rings. The van der Waals surface area contributed by atoms with Gasteiger partial charge in [-0.25, -0.2) is 14.6 Å². The fourth-order valence-electron chi connectivity index (χ4n) is 3.51. The number of benzene rings is 2. The second-order valence-electron chi connectivity index (χ2n) is 7.60. The van der Waals surface area contributed by atoms with E-state index >= 15 is 0 Å². The van der Waals surface area contributed by atoms with Crippen LogP contribution in [0.3, 0.4) is 0 Å². The van der Waals surface area contributed by atoms with Gasteiger partial charge in [0.05, 0.1) is 5.69 Å². The Kier molecular flexibility index (Phi) is 6.20. The minimum absolute atomic E-state index is 0.213. The Morgan fingerprint density at radius 2 is 1.71 bits per heavy atom. The summed E-state index contributed by atoms with van der Waals surface area (Å²) >= 11 is 0. The first kappa shape index (κ1) is 23.2. The van der Waals surface area contributed by atoms with Gasteiger partial charge in [0.2, 0.25) is 11.4 Å². The van der Waals surface area contributed by atoms with Crippen molar-refractivity contribution in [3.63, 3.8) is 0 Å². The van der Waals surface area contributed by atoms with Crippen molar-refractivity contribution in [3.05, 3.63) is 84.7 Å². The smallest absolute Gasteiger partial charge is 0.374 e. The average Bonchev–Trinajstić information content (AvgIpc) is 3.46. The van der Waals surface area contributed by atoms with Gasteiger partial charge >= 0.3 is 6.18 Å². The van der Waals surface area contributed by atoms with E-state index < -0.39 is 36.5 Å². The van der Waals surface area contributed by atoms with Crippen molar-refractivity contribution in [1.82, 2.24) is 29.6 Å². The Bertz CT molecular complexity index is 1210. The van der Waals surface area contributed by atoms with Gasteiger partial charge in [-0.15, -0.1) is 5.10 Å². The summed E-state index contributed by atoms with van der Waals surface area (Å²) in [6, 6.07) is 18.1. The van der Waals surface area contributed by atoms with E-state index in [-0.39, 0.29) is 5.82 Å². The molecule has 11 heteroatoms. The summed E-state index contributed by atoms with van der Waals surface area (Å²) in [6.45, 7) is -0.484. The third-order valence-corrected chi connectivity index (χ3v) is 5.28. The predicted octanol–water partition coefficient (Wildman–Crippen LogP) is 3.24. The van der Waals surface area contributed by atoms with E-state index in [0.717, 1.165) is 10.8 Å². The van der Waals surface area contributed by atoms with E-state index in [0.29, 0.717) is 17.1 Å². The normalized spacial score (nSPS) is 13.4. The van der Waals surface area contributed by atoms with Crippen LogP contribution in [0.25, 0.3) is 17.1 Å². The summed E-state index contributed by atoms with van der Waals surface area (Å²) in [7, 11) is 1.35. The molecule has 176 valence electrons. The van der Waals surface area contributed by atoms with Crippen molar-refractivity contribution in [2.75, 3.05) is 6.54 Å². The molecular weight excluding hydrogens is 449 g/mol. The van der Waals surface area contributed by atoms with E-state index in [1.807, 2.05) is 24.3 Å². The Morgan fingerprint density at radius 3 is 2.29 bits per heavy atom. The molecular formula is C23H21F3N6O2. The third kappa shape index (κ3) is 4.42. The van der Waals surface area contributed by atoms with E-state index in [1.54, 1.807) is 36.4 Å². The fraction of sp³-hybridized carbons (Fsp3) is 0.217. The van der Waals surface area contributed by atoms with Gasteiger partial charge in [0, 0.05) is 38.0 Å². The lowest BCUT2D eigenvalue weighted by atomic mass is 9.97. The number of aryl methyl sites for hydroxylation is 1. The van der Waals surface area contributed by atoms with Crippen LogP contribution in [0.15, 0.2) is 73.1 Å². The lowest BCUT2D eigenvalue weighted by Crippen LogP contribution is -2.46. The van der Waals surface area contributed by atoms with E-state index in [9.17, 15) is 23.1 Å². The van der Waals surface area contributed by atoms with Gasteiger partial charge < -0.3 is 15.0 Å². The Labute approximate surface area is 192 Å². The molecule has 2 N–H and O–H groups in total. The molecule has 0 unspecified atom stereocenters. The van der Waals surface area contributed by atoms with Crippen LogP contribution >= 0.6 is 0 Å². The SMILES string of the molecule is Cn1ccnc1[C@@](O)(CCNC(=O)c1nc(-c2ccccc2)n(-c2ccccc2)n1)C(F)(F)F. The molecule has 0 spiro atoms. The van der Waals surface area contributed by atoms with Crippen molar-refractivity contribution in [1.29, 1.82) is 0 Å². The van der Waals surface area contributed by atoms with Gasteiger partial charge in [0.25, 0.3) is 5.91 Å². The minimum Gasteiger partial charge on any atom is -0.374 e. The lowest BCUT2D eigenvalue weighted by Gasteiger charge is -2.29. The summed E-state index contributed by atoms with van der Waals surface area (Å²) < 4.78 is 43.6.